The van der Waals surface area contributed by atoms with Crippen molar-refractivity contribution < 1.29 is 28.5 Å². The fourth-order valence-corrected chi connectivity index (χ4v) is 1.83. The van der Waals surface area contributed by atoms with Crippen molar-refractivity contribution in [3.8, 4) is 11.5 Å². The van der Waals surface area contributed by atoms with E-state index >= 15 is 0 Å². The fraction of sp³-hybridized carbons (Fsp3) is 0.364. The number of carbonyl (C=O) groups is 1. The number of ether oxygens (including phenoxy) is 3. The average molecular weight is 277 g/mol. The zero-order valence-electron chi connectivity index (χ0n) is 9.41. The Bertz CT molecular complexity index is 491. The Labute approximate surface area is 107 Å². The molecule has 0 spiro atoms. The van der Waals surface area contributed by atoms with Gasteiger partial charge in [-0.1, -0.05) is 11.6 Å². The van der Waals surface area contributed by atoms with Gasteiger partial charge in [0.25, 0.3) is 0 Å². The van der Waals surface area contributed by atoms with Crippen molar-refractivity contribution in [2.75, 3.05) is 20.3 Å². The van der Waals surface area contributed by atoms with Crippen LogP contribution in [-0.4, -0.2) is 31.4 Å². The molecule has 0 bridgehead atoms. The van der Waals surface area contributed by atoms with E-state index in [0.717, 1.165) is 7.11 Å². The zero-order valence-corrected chi connectivity index (χ0v) is 10.2. The maximum absolute atomic E-state index is 13.9. The number of hydrogen-bond donors (Lipinski definition) is 1. The first-order chi connectivity index (χ1) is 8.56. The molecule has 1 heterocycles. The number of rotatable bonds is 2. The molecule has 1 unspecified atom stereocenters. The minimum Gasteiger partial charge on any atom is -0.486 e. The summed E-state index contributed by atoms with van der Waals surface area (Å²) in [5.74, 6) is -1.78. The van der Waals surface area contributed by atoms with Gasteiger partial charge in [0.15, 0.2) is 23.4 Å². The van der Waals surface area contributed by atoms with Gasteiger partial charge in [-0.05, 0) is 0 Å². The first-order valence-electron chi connectivity index (χ1n) is 5.09. The van der Waals surface area contributed by atoms with Crippen molar-refractivity contribution >= 4 is 17.6 Å². The third-order valence-corrected chi connectivity index (χ3v) is 2.73. The molecule has 1 atom stereocenters. The lowest BCUT2D eigenvalue weighted by atomic mass is 10.1. The molecule has 0 radical (unpaired) electrons. The summed E-state index contributed by atoms with van der Waals surface area (Å²) < 4.78 is 28.7. The summed E-state index contributed by atoms with van der Waals surface area (Å²) in [6, 6.07) is 1.24. The molecule has 18 heavy (non-hydrogen) atoms. The van der Waals surface area contributed by atoms with Gasteiger partial charge in [0.1, 0.15) is 13.2 Å². The SMILES string of the molecule is COC(=O)C(O)c1c(F)c(Cl)cc2c1OCCO2. The van der Waals surface area contributed by atoms with Crippen molar-refractivity contribution in [3.63, 3.8) is 0 Å². The molecule has 98 valence electrons. The number of aliphatic hydroxyl groups is 1. The number of hydrogen-bond acceptors (Lipinski definition) is 5. The largest absolute Gasteiger partial charge is 0.486 e. The molecule has 0 aliphatic carbocycles. The van der Waals surface area contributed by atoms with Crippen molar-refractivity contribution in [1.82, 2.24) is 0 Å². The lowest BCUT2D eigenvalue weighted by molar-refractivity contribution is -0.151. The van der Waals surface area contributed by atoms with Crippen LogP contribution in [0, 0.1) is 5.82 Å². The Morgan fingerprint density at radius 2 is 2.22 bits per heavy atom. The van der Waals surface area contributed by atoms with Crippen LogP contribution in [0.3, 0.4) is 0 Å². The van der Waals surface area contributed by atoms with Crippen LogP contribution in [-0.2, 0) is 9.53 Å². The van der Waals surface area contributed by atoms with E-state index in [9.17, 15) is 14.3 Å². The summed E-state index contributed by atoms with van der Waals surface area (Å²) in [5.41, 5.74) is -0.371. The summed E-state index contributed by atoms with van der Waals surface area (Å²) in [6.45, 7) is 0.470. The van der Waals surface area contributed by atoms with Gasteiger partial charge in [-0.15, -0.1) is 0 Å². The Hall–Kier alpha value is -1.53. The standard InChI is InChI=1S/C11H10ClFO5/c1-16-11(15)9(14)7-8(13)5(12)4-6-10(7)18-3-2-17-6/h4,9,14H,2-3H2,1H3. The maximum Gasteiger partial charge on any atom is 0.339 e. The molecule has 1 aliphatic heterocycles. The smallest absolute Gasteiger partial charge is 0.339 e. The van der Waals surface area contributed by atoms with Crippen molar-refractivity contribution in [3.05, 3.63) is 22.5 Å². The molecular formula is C11H10ClFO5. The number of aliphatic hydroxyl groups excluding tert-OH is 1. The predicted molar refractivity (Wildman–Crippen MR) is 59.4 cm³/mol. The van der Waals surface area contributed by atoms with Gasteiger partial charge < -0.3 is 19.3 Å². The van der Waals surface area contributed by atoms with Gasteiger partial charge in [-0.2, -0.15) is 0 Å². The highest BCUT2D eigenvalue weighted by Crippen LogP contribution is 2.42. The van der Waals surface area contributed by atoms with Crippen LogP contribution in [0.4, 0.5) is 4.39 Å². The molecule has 0 saturated carbocycles. The van der Waals surface area contributed by atoms with Gasteiger partial charge in [-0.25, -0.2) is 9.18 Å². The molecular weight excluding hydrogens is 267 g/mol. The molecule has 0 saturated heterocycles. The van der Waals surface area contributed by atoms with Gasteiger partial charge in [-0.3, -0.25) is 0 Å². The molecule has 0 fully saturated rings. The quantitative estimate of drug-likeness (QED) is 0.829. The Kier molecular flexibility index (Phi) is 3.58. The molecule has 1 aromatic carbocycles. The minimum atomic E-state index is -1.82. The van der Waals surface area contributed by atoms with E-state index in [-0.39, 0.29) is 35.3 Å². The topological polar surface area (TPSA) is 65.0 Å². The second-order valence-corrected chi connectivity index (χ2v) is 3.94. The summed E-state index contributed by atoms with van der Waals surface area (Å²) >= 11 is 5.67. The van der Waals surface area contributed by atoms with Crippen LogP contribution in [0.25, 0.3) is 0 Å². The van der Waals surface area contributed by atoms with E-state index in [1.807, 2.05) is 0 Å². The van der Waals surface area contributed by atoms with Gasteiger partial charge in [0.05, 0.1) is 17.7 Å². The molecule has 1 N–H and O–H groups in total. The molecule has 0 aromatic heterocycles. The number of fused-ring (bicyclic) bond motifs is 1. The number of halogens is 2. The van der Waals surface area contributed by atoms with Crippen molar-refractivity contribution in [1.29, 1.82) is 0 Å². The number of methoxy groups -OCH3 is 1. The fourth-order valence-electron chi connectivity index (χ4n) is 1.63. The second-order valence-electron chi connectivity index (χ2n) is 3.54. The Balaban J connectivity index is 2.56. The summed E-state index contributed by atoms with van der Waals surface area (Å²) in [5, 5.41) is 9.48. The van der Waals surface area contributed by atoms with Crippen molar-refractivity contribution in [2.24, 2.45) is 0 Å². The Morgan fingerprint density at radius 3 is 2.89 bits per heavy atom. The highest BCUT2D eigenvalue weighted by molar-refractivity contribution is 6.31. The third kappa shape index (κ3) is 2.09. The van der Waals surface area contributed by atoms with E-state index in [0.29, 0.717) is 0 Å². The van der Waals surface area contributed by atoms with Gasteiger partial charge >= 0.3 is 5.97 Å². The van der Waals surface area contributed by atoms with Crippen LogP contribution in [0.2, 0.25) is 5.02 Å². The molecule has 2 rings (SSSR count). The molecule has 7 heteroatoms. The molecule has 5 nitrogen and oxygen atoms in total. The number of benzene rings is 1. The van der Waals surface area contributed by atoms with Crippen LogP contribution in [0.1, 0.15) is 11.7 Å². The van der Waals surface area contributed by atoms with E-state index in [1.165, 1.54) is 6.07 Å². The molecule has 1 aliphatic rings. The van der Waals surface area contributed by atoms with E-state index in [1.54, 1.807) is 0 Å². The van der Waals surface area contributed by atoms with E-state index < -0.39 is 17.9 Å². The number of esters is 1. The number of carbonyl (C=O) groups excluding carboxylic acids is 1. The monoisotopic (exact) mass is 276 g/mol. The lowest BCUT2D eigenvalue weighted by Gasteiger charge is -2.23. The zero-order chi connectivity index (χ0) is 13.3. The van der Waals surface area contributed by atoms with Crippen LogP contribution in [0.15, 0.2) is 6.07 Å². The second kappa shape index (κ2) is 4.99. The Morgan fingerprint density at radius 1 is 1.56 bits per heavy atom. The van der Waals surface area contributed by atoms with E-state index in [4.69, 9.17) is 21.1 Å². The van der Waals surface area contributed by atoms with Crippen LogP contribution >= 0.6 is 11.6 Å². The normalized spacial score (nSPS) is 15.1. The minimum absolute atomic E-state index is 0.0268. The first kappa shape index (κ1) is 12.9. The highest BCUT2D eigenvalue weighted by atomic mass is 35.5. The molecule has 0 amide bonds. The third-order valence-electron chi connectivity index (χ3n) is 2.46. The summed E-state index contributed by atoms with van der Waals surface area (Å²) in [4.78, 5) is 11.3. The molecule has 1 aromatic rings. The van der Waals surface area contributed by atoms with Crippen molar-refractivity contribution in [2.45, 2.75) is 6.10 Å². The van der Waals surface area contributed by atoms with E-state index in [2.05, 4.69) is 4.74 Å². The van der Waals surface area contributed by atoms with Gasteiger partial charge in [0.2, 0.25) is 0 Å². The summed E-state index contributed by atoms with van der Waals surface area (Å²) in [7, 11) is 1.08. The first-order valence-corrected chi connectivity index (χ1v) is 5.47. The summed E-state index contributed by atoms with van der Waals surface area (Å²) in [6.07, 6.45) is -1.82. The predicted octanol–water partition coefficient (Wildman–Crippen LogP) is 1.46. The van der Waals surface area contributed by atoms with Gasteiger partial charge in [0, 0.05) is 6.07 Å². The average Bonchev–Trinajstić information content (AvgIpc) is 2.38. The maximum atomic E-state index is 13.9. The van der Waals surface area contributed by atoms with Crippen LogP contribution < -0.4 is 9.47 Å². The highest BCUT2D eigenvalue weighted by Gasteiger charge is 2.31. The van der Waals surface area contributed by atoms with Crippen LogP contribution in [0.5, 0.6) is 11.5 Å². The lowest BCUT2D eigenvalue weighted by Crippen LogP contribution is -2.21.